The molecule has 0 aliphatic heterocycles. The minimum Gasteiger partial charge on any atom is -0.101 e. The molecule has 2 nitrogen and oxygen atoms in total. The summed E-state index contributed by atoms with van der Waals surface area (Å²) >= 11 is 0. The molecule has 14 heavy (non-hydrogen) atoms. The summed E-state index contributed by atoms with van der Waals surface area (Å²) in [4.78, 5) is 0. The average Bonchev–Trinajstić information content (AvgIpc) is 2.15. The van der Waals surface area contributed by atoms with E-state index >= 15 is 0 Å². The molecular formula is C8H8F4N2. The fraction of sp³-hybridized carbons (Fsp3) is 0.250. The molecule has 0 amide bonds. The fourth-order valence-corrected chi connectivity index (χ4v) is 1.09. The summed E-state index contributed by atoms with van der Waals surface area (Å²) in [6.07, 6.45) is 0. The maximum absolute atomic E-state index is 12.2. The summed E-state index contributed by atoms with van der Waals surface area (Å²) in [7, 11) is 0. The molecule has 1 aromatic carbocycles. The molecule has 78 valence electrons. The third-order valence-electron chi connectivity index (χ3n) is 1.73. The molecule has 1 aromatic rings. The quantitative estimate of drug-likeness (QED) is 0.554. The van der Waals surface area contributed by atoms with Gasteiger partial charge < -0.3 is 0 Å². The first kappa shape index (κ1) is 10.9. The largest absolute Gasteiger partial charge is 0.116 e. The van der Waals surface area contributed by atoms with Crippen LogP contribution in [0.15, 0.2) is 30.3 Å². The van der Waals surface area contributed by atoms with Crippen molar-refractivity contribution in [1.82, 2.24) is 10.7 Å². The Hall–Kier alpha value is -1.14. The molecule has 0 aliphatic carbocycles. The summed E-state index contributed by atoms with van der Waals surface area (Å²) in [5, 5.41) is -2.48. The predicted octanol–water partition coefficient (Wildman–Crippen LogP) is 2.87. The van der Waals surface area contributed by atoms with Gasteiger partial charge >= 0.3 is 0 Å². The van der Waals surface area contributed by atoms with Gasteiger partial charge in [-0.15, -0.1) is 17.9 Å². The van der Waals surface area contributed by atoms with Gasteiger partial charge in [0.2, 0.25) is 0 Å². The van der Waals surface area contributed by atoms with E-state index in [1.54, 1.807) is 6.07 Å². The Morgan fingerprint density at radius 3 is 2.00 bits per heavy atom. The highest BCUT2D eigenvalue weighted by atomic mass is 19.4. The minimum absolute atomic E-state index is 0.151. The standard InChI is InChI=1S/C8H8F4N2/c9-13(10)6-8(14(11)12)7-4-2-1-3-5-7/h1-5,8H,6H2. The fourth-order valence-electron chi connectivity index (χ4n) is 1.09. The molecule has 0 fully saturated rings. The van der Waals surface area contributed by atoms with Gasteiger partial charge in [0.25, 0.3) is 0 Å². The van der Waals surface area contributed by atoms with Gasteiger partial charge in [0.15, 0.2) is 0 Å². The molecule has 1 atom stereocenters. The molecule has 6 heteroatoms. The number of hydrogen-bond acceptors (Lipinski definition) is 2. The van der Waals surface area contributed by atoms with E-state index in [4.69, 9.17) is 0 Å². The van der Waals surface area contributed by atoms with E-state index in [0.29, 0.717) is 0 Å². The Morgan fingerprint density at radius 2 is 1.57 bits per heavy atom. The molecule has 1 unspecified atom stereocenters. The Morgan fingerprint density at radius 1 is 1.00 bits per heavy atom. The van der Waals surface area contributed by atoms with Crippen LogP contribution in [-0.2, 0) is 0 Å². The highest BCUT2D eigenvalue weighted by Gasteiger charge is 2.23. The highest BCUT2D eigenvalue weighted by Crippen LogP contribution is 2.22. The van der Waals surface area contributed by atoms with Crippen LogP contribution in [0.3, 0.4) is 0 Å². The van der Waals surface area contributed by atoms with Crippen molar-refractivity contribution in [2.75, 3.05) is 6.54 Å². The van der Waals surface area contributed by atoms with Crippen LogP contribution in [0.5, 0.6) is 0 Å². The molecule has 0 radical (unpaired) electrons. The second kappa shape index (κ2) is 4.92. The van der Waals surface area contributed by atoms with Crippen molar-refractivity contribution >= 4 is 0 Å². The molecule has 0 N–H and O–H groups in total. The average molecular weight is 208 g/mol. The van der Waals surface area contributed by atoms with E-state index in [1.165, 1.54) is 24.3 Å². The highest BCUT2D eigenvalue weighted by molar-refractivity contribution is 5.18. The smallest absolute Gasteiger partial charge is 0.101 e. The third-order valence-corrected chi connectivity index (χ3v) is 1.73. The number of nitrogens with zero attached hydrogens (tertiary/aromatic N) is 2. The van der Waals surface area contributed by atoms with Crippen molar-refractivity contribution in [2.45, 2.75) is 6.04 Å². The lowest BCUT2D eigenvalue weighted by Crippen LogP contribution is -2.22. The second-order valence-electron chi connectivity index (χ2n) is 2.67. The Bertz CT molecular complexity index is 265. The third kappa shape index (κ3) is 2.97. The van der Waals surface area contributed by atoms with Gasteiger partial charge in [-0.2, -0.15) is 0 Å². The SMILES string of the molecule is FN(F)CC(c1ccccc1)N(F)F. The van der Waals surface area contributed by atoms with E-state index < -0.39 is 23.3 Å². The van der Waals surface area contributed by atoms with E-state index in [9.17, 15) is 17.9 Å². The van der Waals surface area contributed by atoms with Crippen molar-refractivity contribution < 1.29 is 17.9 Å². The zero-order chi connectivity index (χ0) is 10.6. The van der Waals surface area contributed by atoms with E-state index in [0.717, 1.165) is 0 Å². The first-order valence-corrected chi connectivity index (χ1v) is 3.86. The monoisotopic (exact) mass is 208 g/mol. The summed E-state index contributed by atoms with van der Waals surface area (Å²) in [5.41, 5.74) is 0.151. The molecule has 1 rings (SSSR count). The topological polar surface area (TPSA) is 6.48 Å². The van der Waals surface area contributed by atoms with Gasteiger partial charge in [-0.3, -0.25) is 0 Å². The number of hydrogen-bond donors (Lipinski definition) is 0. The van der Waals surface area contributed by atoms with Gasteiger partial charge in [-0.25, -0.2) is 0 Å². The maximum Gasteiger partial charge on any atom is 0.116 e. The van der Waals surface area contributed by atoms with Gasteiger partial charge in [-0.05, 0) is 5.56 Å². The summed E-state index contributed by atoms with van der Waals surface area (Å²) in [5.74, 6) is 0. The zero-order valence-electron chi connectivity index (χ0n) is 7.08. The van der Waals surface area contributed by atoms with Crippen molar-refractivity contribution in [3.8, 4) is 0 Å². The molecular weight excluding hydrogens is 200 g/mol. The van der Waals surface area contributed by atoms with Crippen molar-refractivity contribution in [2.24, 2.45) is 0 Å². The van der Waals surface area contributed by atoms with Gasteiger partial charge in [0.05, 0.1) is 6.54 Å². The first-order valence-electron chi connectivity index (χ1n) is 3.86. The Balaban J connectivity index is 2.78. The van der Waals surface area contributed by atoms with Gasteiger partial charge in [0.1, 0.15) is 6.04 Å². The summed E-state index contributed by atoms with van der Waals surface area (Å²) < 4.78 is 48.0. The molecule has 0 heterocycles. The second-order valence-corrected chi connectivity index (χ2v) is 2.67. The van der Waals surface area contributed by atoms with Crippen LogP contribution in [0.2, 0.25) is 0 Å². The lowest BCUT2D eigenvalue weighted by atomic mass is 10.1. The van der Waals surface area contributed by atoms with Crippen molar-refractivity contribution in [3.05, 3.63) is 35.9 Å². The molecule has 0 aromatic heterocycles. The molecule has 0 bridgehead atoms. The number of rotatable bonds is 4. The lowest BCUT2D eigenvalue weighted by Gasteiger charge is -2.16. The summed E-state index contributed by atoms with van der Waals surface area (Å²) in [6, 6.07) is 5.82. The van der Waals surface area contributed by atoms with Crippen LogP contribution in [-0.4, -0.2) is 17.2 Å². The lowest BCUT2D eigenvalue weighted by molar-refractivity contribution is -0.232. The normalized spacial score (nSPS) is 13.6. The van der Waals surface area contributed by atoms with Crippen LogP contribution in [0, 0.1) is 0 Å². The van der Waals surface area contributed by atoms with E-state index in [-0.39, 0.29) is 5.56 Å². The van der Waals surface area contributed by atoms with Crippen LogP contribution >= 0.6 is 0 Å². The van der Waals surface area contributed by atoms with E-state index in [2.05, 4.69) is 0 Å². The molecule has 0 saturated carbocycles. The molecule has 0 spiro atoms. The summed E-state index contributed by atoms with van der Waals surface area (Å²) in [6.45, 7) is -1.03. The van der Waals surface area contributed by atoms with Crippen LogP contribution in [0.25, 0.3) is 0 Å². The van der Waals surface area contributed by atoms with Crippen molar-refractivity contribution in [1.29, 1.82) is 0 Å². The van der Waals surface area contributed by atoms with Gasteiger partial charge in [-0.1, -0.05) is 30.3 Å². The van der Waals surface area contributed by atoms with Crippen molar-refractivity contribution in [3.63, 3.8) is 0 Å². The van der Waals surface area contributed by atoms with E-state index in [1.807, 2.05) is 0 Å². The predicted molar refractivity (Wildman–Crippen MR) is 42.2 cm³/mol. The zero-order valence-corrected chi connectivity index (χ0v) is 7.08. The molecule has 0 saturated heterocycles. The van der Waals surface area contributed by atoms with Crippen LogP contribution in [0.4, 0.5) is 17.9 Å². The Kier molecular flexibility index (Phi) is 3.84. The number of benzene rings is 1. The molecule has 0 aliphatic rings. The van der Waals surface area contributed by atoms with Crippen LogP contribution in [0.1, 0.15) is 11.6 Å². The van der Waals surface area contributed by atoms with Gasteiger partial charge in [0, 0.05) is 10.7 Å². The number of halogens is 4. The Labute approximate surface area is 78.1 Å². The first-order chi connectivity index (χ1) is 6.61. The van der Waals surface area contributed by atoms with Crippen LogP contribution < -0.4 is 0 Å². The minimum atomic E-state index is -1.61. The maximum atomic E-state index is 12.2.